The zero-order valence-corrected chi connectivity index (χ0v) is 13.7. The van der Waals surface area contributed by atoms with E-state index in [1.807, 2.05) is 13.8 Å². The number of rotatable bonds is 7. The van der Waals surface area contributed by atoms with E-state index in [1.54, 1.807) is 30.3 Å². The van der Waals surface area contributed by atoms with Gasteiger partial charge in [-0.15, -0.1) is 0 Å². The molecule has 0 aliphatic rings. The van der Waals surface area contributed by atoms with Gasteiger partial charge in [0.15, 0.2) is 0 Å². The first-order valence-electron chi connectivity index (χ1n) is 7.17. The van der Waals surface area contributed by atoms with Gasteiger partial charge < -0.3 is 4.74 Å². The fraction of sp³-hybridized carbons (Fsp3) is 0.294. The van der Waals surface area contributed by atoms with Crippen LogP contribution in [0.1, 0.15) is 16.7 Å². The smallest absolute Gasteiger partial charge is 0.240 e. The molecule has 2 aromatic rings. The molecule has 5 heteroatoms. The van der Waals surface area contributed by atoms with Gasteiger partial charge in [-0.2, -0.15) is 0 Å². The Hall–Kier alpha value is -1.69. The normalized spacial score (nSPS) is 11.5. The Morgan fingerprint density at radius 2 is 1.77 bits per heavy atom. The second-order valence-electron chi connectivity index (χ2n) is 5.19. The largest absolute Gasteiger partial charge is 0.375 e. The highest BCUT2D eigenvalue weighted by molar-refractivity contribution is 7.89. The minimum Gasteiger partial charge on any atom is -0.375 e. The van der Waals surface area contributed by atoms with E-state index in [0.29, 0.717) is 13.2 Å². The van der Waals surface area contributed by atoms with Gasteiger partial charge in [0.2, 0.25) is 10.0 Å². The standard InChI is InChI=1S/C17H21NO3S/c1-14-8-9-15(2)16(12-14)13-21-11-10-18-22(19,20)17-6-4-3-5-7-17/h3-9,12,18H,10-11,13H2,1-2H3. The number of sulfonamides is 1. The summed E-state index contributed by atoms with van der Waals surface area (Å²) in [4.78, 5) is 0.268. The third-order valence-electron chi connectivity index (χ3n) is 3.35. The number of aryl methyl sites for hydroxylation is 2. The maximum atomic E-state index is 12.0. The van der Waals surface area contributed by atoms with Gasteiger partial charge >= 0.3 is 0 Å². The molecule has 2 rings (SSSR count). The summed E-state index contributed by atoms with van der Waals surface area (Å²) < 4.78 is 32.1. The van der Waals surface area contributed by atoms with Crippen LogP contribution < -0.4 is 4.72 Å². The Morgan fingerprint density at radius 3 is 2.50 bits per heavy atom. The van der Waals surface area contributed by atoms with Gasteiger partial charge in [-0.05, 0) is 37.1 Å². The monoisotopic (exact) mass is 319 g/mol. The molecular formula is C17H21NO3S. The number of hydrogen-bond donors (Lipinski definition) is 1. The van der Waals surface area contributed by atoms with Gasteiger partial charge in [0, 0.05) is 6.54 Å². The fourth-order valence-electron chi connectivity index (χ4n) is 2.07. The molecule has 0 bridgehead atoms. The molecule has 0 aromatic heterocycles. The highest BCUT2D eigenvalue weighted by Gasteiger charge is 2.11. The van der Waals surface area contributed by atoms with Gasteiger partial charge in [-0.1, -0.05) is 42.0 Å². The molecule has 4 nitrogen and oxygen atoms in total. The average molecular weight is 319 g/mol. The molecule has 0 radical (unpaired) electrons. The number of ether oxygens (including phenoxy) is 1. The zero-order valence-electron chi connectivity index (χ0n) is 12.9. The molecule has 118 valence electrons. The van der Waals surface area contributed by atoms with Gasteiger partial charge in [-0.25, -0.2) is 13.1 Å². The summed E-state index contributed by atoms with van der Waals surface area (Å²) in [6, 6.07) is 14.5. The maximum absolute atomic E-state index is 12.0. The third kappa shape index (κ3) is 4.66. The lowest BCUT2D eigenvalue weighted by Crippen LogP contribution is -2.27. The highest BCUT2D eigenvalue weighted by Crippen LogP contribution is 2.11. The SMILES string of the molecule is Cc1ccc(C)c(COCCNS(=O)(=O)c2ccccc2)c1. The number of hydrogen-bond acceptors (Lipinski definition) is 3. The van der Waals surface area contributed by atoms with Crippen LogP contribution in [0.2, 0.25) is 0 Å². The lowest BCUT2D eigenvalue weighted by Gasteiger charge is -2.09. The van der Waals surface area contributed by atoms with E-state index < -0.39 is 10.0 Å². The first-order chi connectivity index (χ1) is 10.5. The van der Waals surface area contributed by atoms with Crippen LogP contribution in [0.25, 0.3) is 0 Å². The molecule has 0 heterocycles. The Bertz CT molecular complexity index is 712. The average Bonchev–Trinajstić information content (AvgIpc) is 2.51. The van der Waals surface area contributed by atoms with Crippen LogP contribution >= 0.6 is 0 Å². The minimum absolute atomic E-state index is 0.252. The number of benzene rings is 2. The molecular weight excluding hydrogens is 298 g/mol. The molecule has 0 saturated heterocycles. The molecule has 0 fully saturated rings. The highest BCUT2D eigenvalue weighted by atomic mass is 32.2. The Kier molecular flexibility index (Phi) is 5.71. The minimum atomic E-state index is -3.45. The van der Waals surface area contributed by atoms with Crippen molar-refractivity contribution in [2.24, 2.45) is 0 Å². The van der Waals surface area contributed by atoms with E-state index in [2.05, 4.69) is 22.9 Å². The van der Waals surface area contributed by atoms with Crippen LogP contribution in [-0.2, 0) is 21.4 Å². The van der Waals surface area contributed by atoms with Crippen molar-refractivity contribution in [1.82, 2.24) is 4.72 Å². The van der Waals surface area contributed by atoms with Crippen molar-refractivity contribution >= 4 is 10.0 Å². The molecule has 1 N–H and O–H groups in total. The second kappa shape index (κ2) is 7.54. The summed E-state index contributed by atoms with van der Waals surface area (Å²) in [5.74, 6) is 0. The molecule has 0 atom stereocenters. The third-order valence-corrected chi connectivity index (χ3v) is 4.83. The van der Waals surface area contributed by atoms with Crippen LogP contribution in [0.15, 0.2) is 53.4 Å². The summed E-state index contributed by atoms with van der Waals surface area (Å²) in [7, 11) is -3.45. The van der Waals surface area contributed by atoms with Crippen molar-refractivity contribution < 1.29 is 13.2 Å². The van der Waals surface area contributed by atoms with Crippen LogP contribution in [-0.4, -0.2) is 21.6 Å². The summed E-state index contributed by atoms with van der Waals surface area (Å²) in [5, 5.41) is 0. The van der Waals surface area contributed by atoms with Crippen molar-refractivity contribution in [1.29, 1.82) is 0 Å². The molecule has 2 aromatic carbocycles. The van der Waals surface area contributed by atoms with Crippen LogP contribution in [0, 0.1) is 13.8 Å². The topological polar surface area (TPSA) is 55.4 Å². The first-order valence-corrected chi connectivity index (χ1v) is 8.66. The second-order valence-corrected chi connectivity index (χ2v) is 6.96. The molecule has 22 heavy (non-hydrogen) atoms. The molecule has 0 aliphatic heterocycles. The summed E-state index contributed by atoms with van der Waals surface area (Å²) in [6.07, 6.45) is 0. The van der Waals surface area contributed by atoms with E-state index in [4.69, 9.17) is 4.74 Å². The van der Waals surface area contributed by atoms with Gasteiger partial charge in [0.25, 0.3) is 0 Å². The van der Waals surface area contributed by atoms with Gasteiger partial charge in [-0.3, -0.25) is 0 Å². The Labute approximate surface area is 132 Å². The van der Waals surface area contributed by atoms with Gasteiger partial charge in [0.05, 0.1) is 18.1 Å². The Morgan fingerprint density at radius 1 is 1.05 bits per heavy atom. The molecule has 0 spiro atoms. The lowest BCUT2D eigenvalue weighted by atomic mass is 10.1. The van der Waals surface area contributed by atoms with E-state index in [9.17, 15) is 8.42 Å². The number of nitrogens with one attached hydrogen (secondary N) is 1. The first kappa shape index (κ1) is 16.7. The predicted molar refractivity (Wildman–Crippen MR) is 87.2 cm³/mol. The van der Waals surface area contributed by atoms with Crippen molar-refractivity contribution in [2.45, 2.75) is 25.3 Å². The van der Waals surface area contributed by atoms with Crippen molar-refractivity contribution in [3.8, 4) is 0 Å². The Balaban J connectivity index is 1.79. The van der Waals surface area contributed by atoms with Crippen LogP contribution in [0.5, 0.6) is 0 Å². The summed E-state index contributed by atoms with van der Waals surface area (Å²) >= 11 is 0. The quantitative estimate of drug-likeness (QED) is 0.798. The molecule has 0 saturated carbocycles. The fourth-order valence-corrected chi connectivity index (χ4v) is 3.10. The van der Waals surface area contributed by atoms with Crippen LogP contribution in [0.4, 0.5) is 0 Å². The van der Waals surface area contributed by atoms with E-state index in [-0.39, 0.29) is 11.4 Å². The van der Waals surface area contributed by atoms with E-state index in [0.717, 1.165) is 5.56 Å². The van der Waals surface area contributed by atoms with Crippen molar-refractivity contribution in [3.63, 3.8) is 0 Å². The van der Waals surface area contributed by atoms with Crippen molar-refractivity contribution in [3.05, 3.63) is 65.2 Å². The maximum Gasteiger partial charge on any atom is 0.240 e. The van der Waals surface area contributed by atoms with Gasteiger partial charge in [0.1, 0.15) is 0 Å². The summed E-state index contributed by atoms with van der Waals surface area (Å²) in [6.45, 7) is 5.15. The van der Waals surface area contributed by atoms with E-state index in [1.165, 1.54) is 11.1 Å². The zero-order chi connectivity index (χ0) is 16.0. The van der Waals surface area contributed by atoms with Crippen molar-refractivity contribution in [2.75, 3.05) is 13.2 Å². The predicted octanol–water partition coefficient (Wildman–Crippen LogP) is 2.80. The van der Waals surface area contributed by atoms with E-state index >= 15 is 0 Å². The molecule has 0 amide bonds. The van der Waals surface area contributed by atoms with Crippen LogP contribution in [0.3, 0.4) is 0 Å². The summed E-state index contributed by atoms with van der Waals surface area (Å²) in [5.41, 5.74) is 3.50. The molecule has 0 unspecified atom stereocenters. The molecule has 0 aliphatic carbocycles. The lowest BCUT2D eigenvalue weighted by molar-refractivity contribution is 0.125.